The molecule has 0 bridgehead atoms. The third kappa shape index (κ3) is 5.87. The normalized spacial score (nSPS) is 15.7. The Morgan fingerprint density at radius 2 is 1.83 bits per heavy atom. The number of nitro benzene ring substituents is 1. The molecule has 184 valence electrons. The number of carbonyl (C=O) groups excluding carboxylic acids is 1. The van der Waals surface area contributed by atoms with Gasteiger partial charge in [0.15, 0.2) is 10.9 Å². The van der Waals surface area contributed by atoms with Crippen LogP contribution in [0.15, 0.2) is 70.6 Å². The van der Waals surface area contributed by atoms with E-state index in [9.17, 15) is 19.3 Å². The molecular weight excluding hydrogens is 528 g/mol. The fourth-order valence-electron chi connectivity index (χ4n) is 3.36. The first-order valence-corrected chi connectivity index (χ1v) is 12.2. The molecule has 1 heterocycles. The van der Waals surface area contributed by atoms with Crippen molar-refractivity contribution in [2.45, 2.75) is 13.5 Å². The van der Waals surface area contributed by atoms with Crippen LogP contribution >= 0.6 is 35.0 Å². The minimum absolute atomic E-state index is 0.0323. The number of amides is 1. The van der Waals surface area contributed by atoms with Gasteiger partial charge in [0.25, 0.3) is 11.6 Å². The fourth-order valence-corrected chi connectivity index (χ4v) is 5.04. The summed E-state index contributed by atoms with van der Waals surface area (Å²) in [7, 11) is 0. The van der Waals surface area contributed by atoms with Crippen LogP contribution in [0.4, 0.5) is 15.8 Å². The summed E-state index contributed by atoms with van der Waals surface area (Å²) in [6, 6.07) is 15.0. The van der Waals surface area contributed by atoms with Crippen LogP contribution in [0, 0.1) is 15.9 Å². The molecule has 0 unspecified atom stereocenters. The van der Waals surface area contributed by atoms with Gasteiger partial charge in [-0.15, -0.1) is 0 Å². The Morgan fingerprint density at radius 1 is 1.14 bits per heavy atom. The number of nitro groups is 1. The van der Waals surface area contributed by atoms with E-state index in [0.717, 1.165) is 0 Å². The van der Waals surface area contributed by atoms with E-state index in [1.54, 1.807) is 30.3 Å². The number of aliphatic imine (C=N–C) groups is 1. The molecule has 1 aliphatic rings. The number of halogens is 3. The van der Waals surface area contributed by atoms with Gasteiger partial charge in [-0.1, -0.05) is 35.3 Å². The van der Waals surface area contributed by atoms with Crippen LogP contribution in [0.3, 0.4) is 0 Å². The first-order valence-electron chi connectivity index (χ1n) is 10.7. The zero-order valence-electron chi connectivity index (χ0n) is 18.8. The highest BCUT2D eigenvalue weighted by atomic mass is 35.5. The number of nitrogens with zero attached hydrogens (tertiary/aromatic N) is 3. The first kappa shape index (κ1) is 25.7. The van der Waals surface area contributed by atoms with Gasteiger partial charge < -0.3 is 4.74 Å². The van der Waals surface area contributed by atoms with Crippen molar-refractivity contribution in [1.29, 1.82) is 0 Å². The molecule has 4 rings (SSSR count). The van der Waals surface area contributed by atoms with E-state index in [1.165, 1.54) is 53.1 Å². The van der Waals surface area contributed by atoms with Crippen molar-refractivity contribution in [3.63, 3.8) is 0 Å². The molecule has 0 aliphatic carbocycles. The Hall–Kier alpha value is -3.40. The van der Waals surface area contributed by atoms with Gasteiger partial charge in [-0.25, -0.2) is 9.38 Å². The van der Waals surface area contributed by atoms with E-state index >= 15 is 0 Å². The summed E-state index contributed by atoms with van der Waals surface area (Å²) in [5.41, 5.74) is 1.66. The molecular formula is C25H18Cl2FN3O4S. The van der Waals surface area contributed by atoms with Crippen LogP contribution in [0.1, 0.15) is 18.1 Å². The minimum atomic E-state index is -0.483. The van der Waals surface area contributed by atoms with E-state index in [-0.39, 0.29) is 39.8 Å². The average molecular weight is 546 g/mol. The van der Waals surface area contributed by atoms with Gasteiger partial charge in [0.2, 0.25) is 0 Å². The third-order valence-corrected chi connectivity index (χ3v) is 6.65. The maximum atomic E-state index is 13.2. The zero-order chi connectivity index (χ0) is 25.8. The lowest BCUT2D eigenvalue weighted by atomic mass is 10.2. The molecule has 1 amide bonds. The van der Waals surface area contributed by atoms with Crippen LogP contribution in [0.2, 0.25) is 10.0 Å². The molecule has 3 aromatic rings. The predicted octanol–water partition coefficient (Wildman–Crippen LogP) is 7.24. The standard InChI is InChI=1S/C25H18Cl2FN3O4S/c1-2-30-24(32)22(36-25(30)29-18-8-6-17(28)7-9-18)13-16-11-20(26)23(21(27)12-16)35-14-15-4-3-5-19(10-15)31(33)34/h3-13H,2,14H2,1H3/b22-13+,29-25?. The van der Waals surface area contributed by atoms with E-state index in [0.29, 0.717) is 33.4 Å². The van der Waals surface area contributed by atoms with Gasteiger partial charge >= 0.3 is 0 Å². The van der Waals surface area contributed by atoms with Crippen LogP contribution in [0.5, 0.6) is 5.75 Å². The lowest BCUT2D eigenvalue weighted by molar-refractivity contribution is -0.384. The lowest BCUT2D eigenvalue weighted by Crippen LogP contribution is -2.28. The monoisotopic (exact) mass is 545 g/mol. The van der Waals surface area contributed by atoms with Crippen molar-refractivity contribution in [1.82, 2.24) is 4.90 Å². The Labute approximate surface area is 220 Å². The predicted molar refractivity (Wildman–Crippen MR) is 140 cm³/mol. The molecule has 0 spiro atoms. The zero-order valence-corrected chi connectivity index (χ0v) is 21.1. The van der Waals surface area contributed by atoms with E-state index in [4.69, 9.17) is 27.9 Å². The number of carbonyl (C=O) groups is 1. The molecule has 0 aromatic heterocycles. The van der Waals surface area contributed by atoms with E-state index in [2.05, 4.69) is 4.99 Å². The van der Waals surface area contributed by atoms with E-state index < -0.39 is 4.92 Å². The topological polar surface area (TPSA) is 85.0 Å². The van der Waals surface area contributed by atoms with Crippen LogP contribution in [0.25, 0.3) is 6.08 Å². The number of likely N-dealkylation sites (N-methyl/N-ethyl adjacent to an activating group) is 1. The molecule has 1 aliphatic heterocycles. The summed E-state index contributed by atoms with van der Waals surface area (Å²) in [6.07, 6.45) is 1.66. The number of ether oxygens (including phenoxy) is 1. The van der Waals surface area contributed by atoms with Gasteiger partial charge in [0, 0.05) is 18.7 Å². The van der Waals surface area contributed by atoms with Crippen molar-refractivity contribution in [2.75, 3.05) is 6.54 Å². The number of hydrogen-bond acceptors (Lipinski definition) is 6. The second-order valence-electron chi connectivity index (χ2n) is 7.56. The second-order valence-corrected chi connectivity index (χ2v) is 9.38. The number of hydrogen-bond donors (Lipinski definition) is 0. The highest BCUT2D eigenvalue weighted by Gasteiger charge is 2.32. The highest BCUT2D eigenvalue weighted by molar-refractivity contribution is 8.18. The molecule has 0 saturated carbocycles. The summed E-state index contributed by atoms with van der Waals surface area (Å²) in [4.78, 5) is 29.8. The third-order valence-electron chi connectivity index (χ3n) is 5.08. The second kappa shape index (κ2) is 11.1. The summed E-state index contributed by atoms with van der Waals surface area (Å²) < 4.78 is 18.9. The van der Waals surface area contributed by atoms with Gasteiger partial charge in [-0.05, 0) is 72.3 Å². The summed E-state index contributed by atoms with van der Waals surface area (Å²) in [5.74, 6) is -0.360. The fraction of sp³-hybridized carbons (Fsp3) is 0.120. The number of benzene rings is 3. The Bertz CT molecular complexity index is 1370. The number of rotatable bonds is 7. The van der Waals surface area contributed by atoms with Crippen LogP contribution in [-0.4, -0.2) is 27.4 Å². The Kier molecular flexibility index (Phi) is 7.93. The SMILES string of the molecule is CCN1C(=O)/C(=C\c2cc(Cl)c(OCc3cccc([N+](=O)[O-])c3)c(Cl)c2)SC1=Nc1ccc(F)cc1. The highest BCUT2D eigenvalue weighted by Crippen LogP contribution is 2.38. The molecule has 1 fully saturated rings. The van der Waals surface area contributed by atoms with Crippen molar-refractivity contribution >= 4 is 63.5 Å². The molecule has 0 atom stereocenters. The molecule has 0 radical (unpaired) electrons. The molecule has 1 saturated heterocycles. The molecule has 3 aromatic carbocycles. The molecule has 11 heteroatoms. The van der Waals surface area contributed by atoms with Gasteiger partial charge in [-0.2, -0.15) is 0 Å². The van der Waals surface area contributed by atoms with Crippen molar-refractivity contribution in [2.24, 2.45) is 4.99 Å². The quantitative estimate of drug-likeness (QED) is 0.177. The van der Waals surface area contributed by atoms with Gasteiger partial charge in [0.05, 0.1) is 25.6 Å². The van der Waals surface area contributed by atoms with Gasteiger partial charge in [0.1, 0.15) is 12.4 Å². The van der Waals surface area contributed by atoms with Crippen molar-refractivity contribution in [3.8, 4) is 5.75 Å². The van der Waals surface area contributed by atoms with Crippen molar-refractivity contribution < 1.29 is 18.8 Å². The maximum absolute atomic E-state index is 13.2. The largest absolute Gasteiger partial charge is 0.486 e. The lowest BCUT2D eigenvalue weighted by Gasteiger charge is -2.12. The van der Waals surface area contributed by atoms with Crippen LogP contribution in [-0.2, 0) is 11.4 Å². The summed E-state index contributed by atoms with van der Waals surface area (Å²) in [5, 5.41) is 11.9. The maximum Gasteiger partial charge on any atom is 0.269 e. The minimum Gasteiger partial charge on any atom is -0.486 e. The summed E-state index contributed by atoms with van der Waals surface area (Å²) >= 11 is 14.0. The van der Waals surface area contributed by atoms with Crippen LogP contribution < -0.4 is 4.74 Å². The van der Waals surface area contributed by atoms with E-state index in [1.807, 2.05) is 6.92 Å². The number of thioether (sulfide) groups is 1. The van der Waals surface area contributed by atoms with Crippen molar-refractivity contribution in [3.05, 3.63) is 103 Å². The molecule has 36 heavy (non-hydrogen) atoms. The first-order chi connectivity index (χ1) is 17.2. The Morgan fingerprint density at radius 3 is 2.47 bits per heavy atom. The Balaban J connectivity index is 1.54. The average Bonchev–Trinajstić information content (AvgIpc) is 3.13. The number of non-ortho nitro benzene ring substituents is 1. The number of amidine groups is 1. The van der Waals surface area contributed by atoms with Gasteiger partial charge in [-0.3, -0.25) is 19.8 Å². The molecule has 7 nitrogen and oxygen atoms in total. The molecule has 0 N–H and O–H groups in total. The smallest absolute Gasteiger partial charge is 0.269 e. The summed E-state index contributed by atoms with van der Waals surface area (Å²) in [6.45, 7) is 2.28.